The van der Waals surface area contributed by atoms with Crippen molar-refractivity contribution in [3.05, 3.63) is 36.4 Å². The molecule has 0 radical (unpaired) electrons. The summed E-state index contributed by atoms with van der Waals surface area (Å²) in [5.74, 6) is 0.979. The smallest absolute Gasteiger partial charge is 0.185 e. The molecule has 90 valence electrons. The van der Waals surface area contributed by atoms with E-state index in [9.17, 15) is 0 Å². The molecule has 0 bridgehead atoms. The molecule has 0 aliphatic rings. The highest BCUT2D eigenvalue weighted by Gasteiger charge is 1.99. The van der Waals surface area contributed by atoms with Crippen LogP contribution in [0, 0.1) is 0 Å². The Kier molecular flexibility index (Phi) is 4.52. The Hall–Kier alpha value is -1.40. The minimum Gasteiger partial charge on any atom is -0.312 e. The molecule has 0 aliphatic carbocycles. The lowest BCUT2D eigenvalue weighted by Gasteiger charge is -2.03. The van der Waals surface area contributed by atoms with E-state index < -0.39 is 0 Å². The van der Waals surface area contributed by atoms with E-state index in [2.05, 4.69) is 26.4 Å². The number of pyridine rings is 1. The Labute approximate surface area is 105 Å². The second-order valence-electron chi connectivity index (χ2n) is 3.55. The van der Waals surface area contributed by atoms with Gasteiger partial charge >= 0.3 is 0 Å². The lowest BCUT2D eigenvalue weighted by molar-refractivity contribution is 0.682. The molecule has 2 aromatic rings. The van der Waals surface area contributed by atoms with Crippen LogP contribution in [0.15, 0.2) is 36.0 Å². The van der Waals surface area contributed by atoms with E-state index in [4.69, 9.17) is 0 Å². The fourth-order valence-electron chi connectivity index (χ4n) is 1.37. The summed E-state index contributed by atoms with van der Waals surface area (Å²) in [6, 6.07) is 4.02. The fraction of sp³-hybridized carbons (Fsp3) is 0.364. The van der Waals surface area contributed by atoms with Gasteiger partial charge in [0.05, 0.1) is 0 Å². The third kappa shape index (κ3) is 3.83. The van der Waals surface area contributed by atoms with Crippen LogP contribution in [0.1, 0.15) is 5.56 Å². The maximum atomic E-state index is 4.15. The molecule has 0 fully saturated rings. The Morgan fingerprint density at radius 3 is 3.12 bits per heavy atom. The van der Waals surface area contributed by atoms with Crippen LogP contribution in [0.25, 0.3) is 0 Å². The second kappa shape index (κ2) is 6.36. The third-order valence-electron chi connectivity index (χ3n) is 2.23. The van der Waals surface area contributed by atoms with E-state index >= 15 is 0 Å². The second-order valence-corrected chi connectivity index (χ2v) is 4.61. The van der Waals surface area contributed by atoms with Crippen LogP contribution in [-0.2, 0) is 13.6 Å². The molecule has 17 heavy (non-hydrogen) atoms. The summed E-state index contributed by atoms with van der Waals surface area (Å²) in [6.45, 7) is 1.79. The number of thioether (sulfide) groups is 1. The standard InChI is InChI=1S/C11H15N5S/c1-16-11(14-9-15-16)17-6-5-13-8-10-3-2-4-12-7-10/h2-4,7,9,13H,5-6,8H2,1H3. The first kappa shape index (κ1) is 12.1. The number of aromatic nitrogens is 4. The lowest BCUT2D eigenvalue weighted by atomic mass is 10.3. The molecule has 0 spiro atoms. The summed E-state index contributed by atoms with van der Waals surface area (Å²) in [4.78, 5) is 8.22. The van der Waals surface area contributed by atoms with Gasteiger partial charge in [0.1, 0.15) is 6.33 Å². The van der Waals surface area contributed by atoms with Gasteiger partial charge in [-0.1, -0.05) is 17.8 Å². The zero-order valence-corrected chi connectivity index (χ0v) is 10.5. The van der Waals surface area contributed by atoms with Crippen molar-refractivity contribution in [2.24, 2.45) is 7.05 Å². The molecule has 0 aliphatic heterocycles. The van der Waals surface area contributed by atoms with E-state index in [1.807, 2.05) is 19.3 Å². The molecule has 0 unspecified atom stereocenters. The Balaban J connectivity index is 1.63. The molecule has 0 aromatic carbocycles. The van der Waals surface area contributed by atoms with Gasteiger partial charge < -0.3 is 5.32 Å². The Morgan fingerprint density at radius 1 is 1.47 bits per heavy atom. The molecule has 5 nitrogen and oxygen atoms in total. The van der Waals surface area contributed by atoms with Crippen LogP contribution in [0.4, 0.5) is 0 Å². The monoisotopic (exact) mass is 249 g/mol. The average Bonchev–Trinajstić information content (AvgIpc) is 2.76. The fourth-order valence-corrected chi connectivity index (χ4v) is 2.15. The maximum Gasteiger partial charge on any atom is 0.185 e. The van der Waals surface area contributed by atoms with Gasteiger partial charge in [-0.3, -0.25) is 4.98 Å². The van der Waals surface area contributed by atoms with Crippen molar-refractivity contribution in [2.75, 3.05) is 12.3 Å². The molecule has 1 N–H and O–H groups in total. The van der Waals surface area contributed by atoms with E-state index in [-0.39, 0.29) is 0 Å². The molecule has 0 amide bonds. The van der Waals surface area contributed by atoms with Crippen LogP contribution in [0.3, 0.4) is 0 Å². The maximum absolute atomic E-state index is 4.15. The first-order valence-electron chi connectivity index (χ1n) is 5.42. The van der Waals surface area contributed by atoms with Crippen LogP contribution in [0.5, 0.6) is 0 Å². The van der Waals surface area contributed by atoms with Crippen molar-refractivity contribution in [3.8, 4) is 0 Å². The van der Waals surface area contributed by atoms with E-state index in [1.54, 1.807) is 29.0 Å². The van der Waals surface area contributed by atoms with Crippen LogP contribution in [-0.4, -0.2) is 32.0 Å². The number of aryl methyl sites for hydroxylation is 1. The predicted octanol–water partition coefficient (Wildman–Crippen LogP) is 1.09. The topological polar surface area (TPSA) is 55.6 Å². The summed E-state index contributed by atoms with van der Waals surface area (Å²) < 4.78 is 1.78. The summed E-state index contributed by atoms with van der Waals surface area (Å²) >= 11 is 1.70. The van der Waals surface area contributed by atoms with Crippen molar-refractivity contribution in [2.45, 2.75) is 11.7 Å². The number of hydrogen-bond acceptors (Lipinski definition) is 5. The molecule has 6 heteroatoms. The first-order valence-corrected chi connectivity index (χ1v) is 6.41. The largest absolute Gasteiger partial charge is 0.312 e. The van der Waals surface area contributed by atoms with Crippen molar-refractivity contribution in [3.63, 3.8) is 0 Å². The number of hydrogen-bond donors (Lipinski definition) is 1. The minimum atomic E-state index is 0.854. The summed E-state index contributed by atoms with van der Waals surface area (Å²) in [5, 5.41) is 8.34. The number of nitrogens with zero attached hydrogens (tertiary/aromatic N) is 4. The zero-order valence-electron chi connectivity index (χ0n) is 9.71. The third-order valence-corrected chi connectivity index (χ3v) is 3.27. The SMILES string of the molecule is Cn1ncnc1SCCNCc1cccnc1. The molecule has 2 heterocycles. The van der Waals surface area contributed by atoms with Gasteiger partial charge in [-0.25, -0.2) is 9.67 Å². The van der Waals surface area contributed by atoms with Crippen LogP contribution < -0.4 is 5.32 Å². The number of rotatable bonds is 6. The van der Waals surface area contributed by atoms with Gasteiger partial charge in [0, 0.05) is 38.3 Å². The van der Waals surface area contributed by atoms with Gasteiger partial charge in [-0.05, 0) is 11.6 Å². The highest BCUT2D eigenvalue weighted by Crippen LogP contribution is 2.11. The van der Waals surface area contributed by atoms with Crippen LogP contribution >= 0.6 is 11.8 Å². The molecular formula is C11H15N5S. The zero-order chi connectivity index (χ0) is 11.9. The van der Waals surface area contributed by atoms with Crippen molar-refractivity contribution >= 4 is 11.8 Å². The summed E-state index contributed by atoms with van der Waals surface area (Å²) in [6.07, 6.45) is 5.24. The molecule has 2 aromatic heterocycles. The highest BCUT2D eigenvalue weighted by molar-refractivity contribution is 7.99. The van der Waals surface area contributed by atoms with Gasteiger partial charge in [0.15, 0.2) is 5.16 Å². The molecular weight excluding hydrogens is 234 g/mol. The quantitative estimate of drug-likeness (QED) is 0.613. The highest BCUT2D eigenvalue weighted by atomic mass is 32.2. The molecule has 0 atom stereocenters. The van der Waals surface area contributed by atoms with Crippen LogP contribution in [0.2, 0.25) is 0 Å². The van der Waals surface area contributed by atoms with Gasteiger partial charge in [-0.2, -0.15) is 5.10 Å². The van der Waals surface area contributed by atoms with Crippen molar-refractivity contribution < 1.29 is 0 Å². The van der Waals surface area contributed by atoms with Crippen molar-refractivity contribution in [1.82, 2.24) is 25.1 Å². The van der Waals surface area contributed by atoms with E-state index in [0.29, 0.717) is 0 Å². The van der Waals surface area contributed by atoms with Crippen molar-refractivity contribution in [1.29, 1.82) is 0 Å². The number of nitrogens with one attached hydrogen (secondary N) is 1. The van der Waals surface area contributed by atoms with Gasteiger partial charge in [0.25, 0.3) is 0 Å². The predicted molar refractivity (Wildman–Crippen MR) is 67.7 cm³/mol. The van der Waals surface area contributed by atoms with E-state index in [1.165, 1.54) is 5.56 Å². The Morgan fingerprint density at radius 2 is 2.41 bits per heavy atom. The Bertz CT molecular complexity index is 442. The molecule has 2 rings (SSSR count). The summed E-state index contributed by atoms with van der Waals surface area (Å²) in [5.41, 5.74) is 1.20. The van der Waals surface area contributed by atoms with Gasteiger partial charge in [0.2, 0.25) is 0 Å². The molecule has 0 saturated carbocycles. The normalized spacial score (nSPS) is 10.6. The lowest BCUT2D eigenvalue weighted by Crippen LogP contribution is -2.16. The molecule has 0 saturated heterocycles. The average molecular weight is 249 g/mol. The summed E-state index contributed by atoms with van der Waals surface area (Å²) in [7, 11) is 1.90. The minimum absolute atomic E-state index is 0.854. The van der Waals surface area contributed by atoms with E-state index in [0.717, 1.165) is 24.0 Å². The van der Waals surface area contributed by atoms with Gasteiger partial charge in [-0.15, -0.1) is 0 Å². The first-order chi connectivity index (χ1) is 8.36.